The minimum absolute atomic E-state index is 0.224. The van der Waals surface area contributed by atoms with Gasteiger partial charge in [-0.15, -0.1) is 0 Å². The van der Waals surface area contributed by atoms with Gasteiger partial charge in [0.1, 0.15) is 12.4 Å². The van der Waals surface area contributed by atoms with Crippen molar-refractivity contribution in [1.29, 1.82) is 0 Å². The van der Waals surface area contributed by atoms with Crippen molar-refractivity contribution >= 4 is 5.91 Å². The monoisotopic (exact) mass is 303 g/mol. The number of hydrogen-bond donors (Lipinski definition) is 1. The van der Waals surface area contributed by atoms with Crippen LogP contribution in [0.1, 0.15) is 17.3 Å². The summed E-state index contributed by atoms with van der Waals surface area (Å²) in [7, 11) is 0. The third-order valence-corrected chi connectivity index (χ3v) is 3.39. The molecule has 1 amide bonds. The molecule has 3 rings (SSSR count). The van der Waals surface area contributed by atoms with Gasteiger partial charge in [0, 0.05) is 18.9 Å². The first-order valence-electron chi connectivity index (χ1n) is 7.09. The molecule has 2 atom stereocenters. The first-order valence-corrected chi connectivity index (χ1v) is 7.09. The van der Waals surface area contributed by atoms with Crippen LogP contribution in [0.4, 0.5) is 0 Å². The SMILES string of the molecule is CCn1cc(O[C@@H]2COC[C@@H]2NC(=O)c2cncnc2)cn1. The highest BCUT2D eigenvalue weighted by Gasteiger charge is 2.32. The third-order valence-electron chi connectivity index (χ3n) is 3.39. The standard InChI is InChI=1S/C14H17N5O3/c1-2-19-6-11(5-17-19)22-13-8-21-7-12(13)18-14(20)10-3-15-9-16-4-10/h3-6,9,12-13H,2,7-8H2,1H3,(H,18,20)/t12-,13+/m0/s1. The van der Waals surface area contributed by atoms with Gasteiger partial charge < -0.3 is 14.8 Å². The maximum absolute atomic E-state index is 12.1. The van der Waals surface area contributed by atoms with Crippen molar-refractivity contribution in [3.63, 3.8) is 0 Å². The zero-order valence-corrected chi connectivity index (χ0v) is 12.2. The van der Waals surface area contributed by atoms with E-state index >= 15 is 0 Å². The Morgan fingerprint density at radius 3 is 2.95 bits per heavy atom. The number of ether oxygens (including phenoxy) is 2. The molecular weight excluding hydrogens is 286 g/mol. The first kappa shape index (κ1) is 14.5. The lowest BCUT2D eigenvalue weighted by atomic mass is 10.2. The van der Waals surface area contributed by atoms with Gasteiger partial charge in [0.15, 0.2) is 5.75 Å². The summed E-state index contributed by atoms with van der Waals surface area (Å²) in [6, 6.07) is -0.224. The Balaban J connectivity index is 1.62. The zero-order chi connectivity index (χ0) is 15.4. The summed E-state index contributed by atoms with van der Waals surface area (Å²) < 4.78 is 13.0. The lowest BCUT2D eigenvalue weighted by Gasteiger charge is -2.19. The normalized spacial score (nSPS) is 20.8. The fraction of sp³-hybridized carbons (Fsp3) is 0.429. The topological polar surface area (TPSA) is 91.2 Å². The van der Waals surface area contributed by atoms with Crippen LogP contribution in [0.5, 0.6) is 5.75 Å². The fourth-order valence-electron chi connectivity index (χ4n) is 2.21. The second kappa shape index (κ2) is 6.52. The number of carbonyl (C=O) groups excluding carboxylic acids is 1. The third kappa shape index (κ3) is 3.22. The Hall–Kier alpha value is -2.48. The zero-order valence-electron chi connectivity index (χ0n) is 12.2. The lowest BCUT2D eigenvalue weighted by Crippen LogP contribution is -2.45. The molecule has 0 spiro atoms. The van der Waals surface area contributed by atoms with Crippen LogP contribution < -0.4 is 10.1 Å². The summed E-state index contributed by atoms with van der Waals surface area (Å²) in [5, 5.41) is 7.05. The smallest absolute Gasteiger partial charge is 0.254 e. The molecule has 0 unspecified atom stereocenters. The van der Waals surface area contributed by atoms with Crippen molar-refractivity contribution in [3.8, 4) is 5.75 Å². The average Bonchev–Trinajstić information content (AvgIpc) is 3.18. The van der Waals surface area contributed by atoms with Gasteiger partial charge in [-0.3, -0.25) is 9.48 Å². The molecule has 2 aromatic heterocycles. The van der Waals surface area contributed by atoms with E-state index in [0.717, 1.165) is 6.54 Å². The molecule has 1 saturated heterocycles. The Morgan fingerprint density at radius 2 is 2.23 bits per heavy atom. The van der Waals surface area contributed by atoms with Crippen molar-refractivity contribution in [2.75, 3.05) is 13.2 Å². The summed E-state index contributed by atoms with van der Waals surface area (Å²) in [5.74, 6) is 0.425. The number of amides is 1. The molecular formula is C14H17N5O3. The fourth-order valence-corrected chi connectivity index (χ4v) is 2.21. The maximum Gasteiger partial charge on any atom is 0.254 e. The molecule has 22 heavy (non-hydrogen) atoms. The van der Waals surface area contributed by atoms with Gasteiger partial charge in [-0.1, -0.05) is 0 Å². The predicted octanol–water partition coefficient (Wildman–Crippen LogP) is 0.269. The van der Waals surface area contributed by atoms with Gasteiger partial charge in [-0.05, 0) is 6.92 Å². The second-order valence-electron chi connectivity index (χ2n) is 4.93. The lowest BCUT2D eigenvalue weighted by molar-refractivity contribution is 0.0903. The Bertz CT molecular complexity index is 630. The molecule has 0 bridgehead atoms. The number of nitrogens with zero attached hydrogens (tertiary/aromatic N) is 4. The van der Waals surface area contributed by atoms with Gasteiger partial charge in [-0.2, -0.15) is 5.10 Å². The number of rotatable bonds is 5. The van der Waals surface area contributed by atoms with Crippen LogP contribution in [0, 0.1) is 0 Å². The number of carbonyl (C=O) groups is 1. The van der Waals surface area contributed by atoms with E-state index in [4.69, 9.17) is 9.47 Å². The molecule has 0 saturated carbocycles. The Kier molecular flexibility index (Phi) is 4.29. The van der Waals surface area contributed by atoms with Gasteiger partial charge in [0.05, 0.1) is 37.2 Å². The molecule has 8 heteroatoms. The minimum atomic E-state index is -0.247. The quantitative estimate of drug-likeness (QED) is 0.852. The van der Waals surface area contributed by atoms with Crippen LogP contribution in [-0.4, -0.2) is 51.0 Å². The number of hydrogen-bond acceptors (Lipinski definition) is 6. The van der Waals surface area contributed by atoms with Crippen molar-refractivity contribution in [2.24, 2.45) is 0 Å². The van der Waals surface area contributed by atoms with Gasteiger partial charge >= 0.3 is 0 Å². The summed E-state index contributed by atoms with van der Waals surface area (Å²) in [4.78, 5) is 19.8. The largest absolute Gasteiger partial charge is 0.482 e. The molecule has 0 aromatic carbocycles. The highest BCUT2D eigenvalue weighted by Crippen LogP contribution is 2.17. The van der Waals surface area contributed by atoms with E-state index in [1.54, 1.807) is 10.9 Å². The van der Waals surface area contributed by atoms with E-state index in [0.29, 0.717) is 24.5 Å². The highest BCUT2D eigenvalue weighted by molar-refractivity contribution is 5.93. The van der Waals surface area contributed by atoms with Crippen LogP contribution in [0.15, 0.2) is 31.1 Å². The van der Waals surface area contributed by atoms with Gasteiger partial charge in [0.2, 0.25) is 0 Å². The molecule has 0 radical (unpaired) electrons. The van der Waals surface area contributed by atoms with E-state index < -0.39 is 0 Å². The second-order valence-corrected chi connectivity index (χ2v) is 4.93. The molecule has 2 aromatic rings. The van der Waals surface area contributed by atoms with Crippen LogP contribution in [-0.2, 0) is 11.3 Å². The van der Waals surface area contributed by atoms with Crippen LogP contribution >= 0.6 is 0 Å². The Morgan fingerprint density at radius 1 is 1.41 bits per heavy atom. The first-order chi connectivity index (χ1) is 10.8. The van der Waals surface area contributed by atoms with E-state index in [1.807, 2.05) is 13.1 Å². The van der Waals surface area contributed by atoms with E-state index in [1.165, 1.54) is 18.7 Å². The molecule has 116 valence electrons. The summed E-state index contributed by atoms with van der Waals surface area (Å²) in [6.07, 6.45) is 7.56. The van der Waals surface area contributed by atoms with Crippen LogP contribution in [0.2, 0.25) is 0 Å². The van der Waals surface area contributed by atoms with Gasteiger partial charge in [-0.25, -0.2) is 9.97 Å². The number of aromatic nitrogens is 4. The molecule has 1 fully saturated rings. The average molecular weight is 303 g/mol. The summed E-state index contributed by atoms with van der Waals surface area (Å²) >= 11 is 0. The molecule has 1 aliphatic rings. The molecule has 1 aliphatic heterocycles. The van der Waals surface area contributed by atoms with E-state index in [9.17, 15) is 4.79 Å². The van der Waals surface area contributed by atoms with E-state index in [-0.39, 0.29) is 18.1 Å². The van der Waals surface area contributed by atoms with Crippen molar-refractivity contribution in [2.45, 2.75) is 25.6 Å². The predicted molar refractivity (Wildman–Crippen MR) is 76.4 cm³/mol. The van der Waals surface area contributed by atoms with Crippen LogP contribution in [0.3, 0.4) is 0 Å². The minimum Gasteiger partial charge on any atom is -0.482 e. The highest BCUT2D eigenvalue weighted by atomic mass is 16.5. The molecule has 1 N–H and O–H groups in total. The summed E-state index contributed by atoms with van der Waals surface area (Å²) in [5.41, 5.74) is 0.409. The summed E-state index contributed by atoms with van der Waals surface area (Å²) in [6.45, 7) is 3.61. The van der Waals surface area contributed by atoms with E-state index in [2.05, 4.69) is 20.4 Å². The van der Waals surface area contributed by atoms with Crippen molar-refractivity contribution in [1.82, 2.24) is 25.1 Å². The molecule has 0 aliphatic carbocycles. The molecule has 8 nitrogen and oxygen atoms in total. The molecule has 3 heterocycles. The van der Waals surface area contributed by atoms with Gasteiger partial charge in [0.25, 0.3) is 5.91 Å². The van der Waals surface area contributed by atoms with Crippen molar-refractivity contribution in [3.05, 3.63) is 36.7 Å². The van der Waals surface area contributed by atoms with Crippen LogP contribution in [0.25, 0.3) is 0 Å². The number of aryl methyl sites for hydroxylation is 1. The Labute approximate surface area is 127 Å². The van der Waals surface area contributed by atoms with Crippen molar-refractivity contribution < 1.29 is 14.3 Å². The number of nitrogens with one attached hydrogen (secondary N) is 1. The maximum atomic E-state index is 12.1.